The Morgan fingerprint density at radius 2 is 1.93 bits per heavy atom. The van der Waals surface area contributed by atoms with E-state index in [-0.39, 0.29) is 42.4 Å². The highest BCUT2D eigenvalue weighted by Crippen LogP contribution is 2.22. The summed E-state index contributed by atoms with van der Waals surface area (Å²) in [6.45, 7) is 7.72. The number of rotatable bonds is 5. The molecule has 1 aliphatic heterocycles. The lowest BCUT2D eigenvalue weighted by Crippen LogP contribution is -2.48. The van der Waals surface area contributed by atoms with Gasteiger partial charge in [-0.1, -0.05) is 11.2 Å². The molecule has 0 bridgehead atoms. The number of morpholine rings is 1. The minimum Gasteiger partial charge on any atom is -0.457 e. The number of carbonyl (C=O) groups is 1. The van der Waals surface area contributed by atoms with Crippen molar-refractivity contribution in [1.82, 2.24) is 9.46 Å². The van der Waals surface area contributed by atoms with E-state index >= 15 is 0 Å². The van der Waals surface area contributed by atoms with Gasteiger partial charge in [-0.05, 0) is 45.9 Å². The summed E-state index contributed by atoms with van der Waals surface area (Å²) in [5.41, 5.74) is 1.52. The fourth-order valence-corrected chi connectivity index (χ4v) is 4.83. The molecule has 9 heteroatoms. The van der Waals surface area contributed by atoms with E-state index in [9.17, 15) is 13.2 Å². The van der Waals surface area contributed by atoms with Crippen LogP contribution in [0.1, 0.15) is 41.2 Å². The number of benzene rings is 1. The molecular formula is C19H24N2O6S. The molecule has 0 radical (unpaired) electrons. The van der Waals surface area contributed by atoms with Crippen LogP contribution in [-0.4, -0.2) is 49.1 Å². The number of hydrogen-bond donors (Lipinski definition) is 0. The van der Waals surface area contributed by atoms with Gasteiger partial charge >= 0.3 is 5.97 Å². The van der Waals surface area contributed by atoms with Crippen molar-refractivity contribution < 1.29 is 27.2 Å². The predicted octanol–water partition coefficient (Wildman–Crippen LogP) is 2.45. The van der Waals surface area contributed by atoms with Crippen LogP contribution in [-0.2, 0) is 26.1 Å². The molecule has 0 amide bonds. The first kappa shape index (κ1) is 20.5. The first-order valence-corrected chi connectivity index (χ1v) is 10.5. The first-order valence-electron chi connectivity index (χ1n) is 9.03. The summed E-state index contributed by atoms with van der Waals surface area (Å²) in [6, 6.07) is 5.88. The van der Waals surface area contributed by atoms with Crippen molar-refractivity contribution in [1.29, 1.82) is 0 Å². The highest BCUT2D eigenvalue weighted by Gasteiger charge is 2.32. The largest absolute Gasteiger partial charge is 0.457 e. The molecule has 1 saturated heterocycles. The van der Waals surface area contributed by atoms with Crippen molar-refractivity contribution in [2.75, 3.05) is 13.1 Å². The highest BCUT2D eigenvalue weighted by atomic mass is 32.2. The van der Waals surface area contributed by atoms with E-state index in [1.165, 1.54) is 28.6 Å². The Morgan fingerprint density at radius 1 is 1.25 bits per heavy atom. The number of aromatic nitrogens is 1. The minimum absolute atomic E-state index is 0.00940. The summed E-state index contributed by atoms with van der Waals surface area (Å²) in [5.74, 6) is -0.0297. The van der Waals surface area contributed by atoms with E-state index in [0.717, 1.165) is 0 Å². The number of esters is 1. The van der Waals surface area contributed by atoms with Crippen LogP contribution in [0, 0.1) is 13.8 Å². The number of nitrogens with zero attached hydrogens (tertiary/aromatic N) is 2. The molecule has 1 aliphatic rings. The molecule has 2 atom stereocenters. The van der Waals surface area contributed by atoms with Crippen molar-refractivity contribution in [2.24, 2.45) is 0 Å². The van der Waals surface area contributed by atoms with Gasteiger partial charge in [-0.3, -0.25) is 0 Å². The van der Waals surface area contributed by atoms with E-state index < -0.39 is 16.0 Å². The zero-order valence-electron chi connectivity index (χ0n) is 16.3. The summed E-state index contributed by atoms with van der Waals surface area (Å²) in [7, 11) is -3.73. The van der Waals surface area contributed by atoms with Crippen LogP contribution >= 0.6 is 0 Å². The number of aryl methyl sites for hydroxylation is 2. The number of sulfonamides is 1. The first-order chi connectivity index (χ1) is 13.2. The molecule has 0 spiro atoms. The highest BCUT2D eigenvalue weighted by molar-refractivity contribution is 7.89. The second-order valence-electron chi connectivity index (χ2n) is 6.99. The lowest BCUT2D eigenvalue weighted by molar-refractivity contribution is -0.0440. The second kappa shape index (κ2) is 8.02. The molecule has 0 N–H and O–H groups in total. The number of carbonyl (C=O) groups excluding carboxylic acids is 1. The molecule has 152 valence electrons. The van der Waals surface area contributed by atoms with Crippen molar-refractivity contribution in [3.63, 3.8) is 0 Å². The lowest BCUT2D eigenvalue weighted by atomic mass is 10.2. The Labute approximate surface area is 164 Å². The van der Waals surface area contributed by atoms with Gasteiger partial charge in [-0.25, -0.2) is 13.2 Å². The zero-order valence-corrected chi connectivity index (χ0v) is 17.2. The molecule has 1 aromatic carbocycles. The lowest BCUT2D eigenvalue weighted by Gasteiger charge is -2.34. The summed E-state index contributed by atoms with van der Waals surface area (Å²) >= 11 is 0. The van der Waals surface area contributed by atoms with Crippen molar-refractivity contribution in [3.8, 4) is 0 Å². The molecule has 0 unspecified atom stereocenters. The quantitative estimate of drug-likeness (QED) is 0.701. The molecule has 3 rings (SSSR count). The van der Waals surface area contributed by atoms with Crippen molar-refractivity contribution >= 4 is 16.0 Å². The van der Waals surface area contributed by atoms with Crippen molar-refractivity contribution in [3.05, 3.63) is 46.8 Å². The van der Waals surface area contributed by atoms with Gasteiger partial charge in [0.2, 0.25) is 10.0 Å². The van der Waals surface area contributed by atoms with Crippen molar-refractivity contribution in [2.45, 2.75) is 51.4 Å². The van der Waals surface area contributed by atoms with Crippen LogP contribution in [0.3, 0.4) is 0 Å². The standard InChI is InChI=1S/C19H24N2O6S/c1-12-9-21(10-13(2)26-12)28(23,24)17-7-5-6-16(8-17)19(22)25-11-18-14(3)20-27-15(18)4/h5-8,12-13H,9-11H2,1-4H3/t12-,13-/m1/s1. The second-order valence-corrected chi connectivity index (χ2v) is 8.92. The zero-order chi connectivity index (χ0) is 20.5. The monoisotopic (exact) mass is 408 g/mol. The van der Waals surface area contributed by atoms with Gasteiger partial charge in [0.25, 0.3) is 0 Å². The third-order valence-electron chi connectivity index (χ3n) is 4.62. The maximum absolute atomic E-state index is 13.0. The van der Waals surface area contributed by atoms with Gasteiger partial charge in [0, 0.05) is 13.1 Å². The third-order valence-corrected chi connectivity index (χ3v) is 6.45. The smallest absolute Gasteiger partial charge is 0.338 e. The molecule has 1 aromatic heterocycles. The topological polar surface area (TPSA) is 98.9 Å². The molecule has 0 saturated carbocycles. The van der Waals surface area contributed by atoms with Gasteiger partial charge < -0.3 is 14.0 Å². The van der Waals surface area contributed by atoms with E-state index in [4.69, 9.17) is 14.0 Å². The Balaban J connectivity index is 1.77. The van der Waals surface area contributed by atoms with Gasteiger partial charge in [0.05, 0.1) is 33.9 Å². The molecule has 8 nitrogen and oxygen atoms in total. The maximum atomic E-state index is 13.0. The van der Waals surface area contributed by atoms with Gasteiger partial charge in [0.1, 0.15) is 12.4 Å². The molecule has 1 fully saturated rings. The van der Waals surface area contributed by atoms with Crippen LogP contribution in [0.5, 0.6) is 0 Å². The number of ether oxygens (including phenoxy) is 2. The van der Waals surface area contributed by atoms with Crippen LogP contribution in [0.2, 0.25) is 0 Å². The van der Waals surface area contributed by atoms with E-state index in [2.05, 4.69) is 5.16 Å². The van der Waals surface area contributed by atoms with Crippen LogP contribution in [0.4, 0.5) is 0 Å². The SMILES string of the molecule is Cc1noc(C)c1COC(=O)c1cccc(S(=O)(=O)N2C[C@@H](C)O[C@H](C)C2)c1. The Hall–Kier alpha value is -2.23. The predicted molar refractivity (Wildman–Crippen MR) is 100 cm³/mol. The third kappa shape index (κ3) is 4.26. The Morgan fingerprint density at radius 3 is 2.54 bits per heavy atom. The van der Waals surface area contributed by atoms with E-state index in [0.29, 0.717) is 17.0 Å². The maximum Gasteiger partial charge on any atom is 0.338 e. The minimum atomic E-state index is -3.73. The molecule has 2 aromatic rings. The molecular weight excluding hydrogens is 384 g/mol. The molecule has 28 heavy (non-hydrogen) atoms. The fourth-order valence-electron chi connectivity index (χ4n) is 3.19. The molecule has 2 heterocycles. The fraction of sp³-hybridized carbons (Fsp3) is 0.474. The Kier molecular flexibility index (Phi) is 5.87. The van der Waals surface area contributed by atoms with Crippen LogP contribution in [0.25, 0.3) is 0 Å². The summed E-state index contributed by atoms with van der Waals surface area (Å²) < 4.78 is 43.3. The Bertz CT molecular complexity index is 939. The van der Waals surface area contributed by atoms with Gasteiger partial charge in [-0.15, -0.1) is 0 Å². The van der Waals surface area contributed by atoms with E-state index in [1.54, 1.807) is 13.8 Å². The molecule has 0 aliphatic carbocycles. The number of hydrogen-bond acceptors (Lipinski definition) is 7. The summed E-state index contributed by atoms with van der Waals surface area (Å²) in [4.78, 5) is 12.5. The van der Waals surface area contributed by atoms with Gasteiger partial charge in [0.15, 0.2) is 0 Å². The normalized spacial score (nSPS) is 20.9. The van der Waals surface area contributed by atoms with Crippen LogP contribution in [0.15, 0.2) is 33.7 Å². The van der Waals surface area contributed by atoms with Crippen LogP contribution < -0.4 is 0 Å². The summed E-state index contributed by atoms with van der Waals surface area (Å²) in [6.07, 6.45) is -0.386. The summed E-state index contributed by atoms with van der Waals surface area (Å²) in [5, 5.41) is 3.82. The average molecular weight is 408 g/mol. The van der Waals surface area contributed by atoms with Gasteiger partial charge in [-0.2, -0.15) is 4.31 Å². The van der Waals surface area contributed by atoms with E-state index in [1.807, 2.05) is 13.8 Å². The average Bonchev–Trinajstić information content (AvgIpc) is 2.97.